The van der Waals surface area contributed by atoms with E-state index in [9.17, 15) is 9.59 Å². The van der Waals surface area contributed by atoms with Crippen LogP contribution in [0.2, 0.25) is 0 Å². The Kier molecular flexibility index (Phi) is 6.72. The van der Waals surface area contributed by atoms with Crippen molar-refractivity contribution in [1.82, 2.24) is 5.32 Å². The minimum Gasteiger partial charge on any atom is -0.372 e. The number of nitrogens with zero attached hydrogens (tertiary/aromatic N) is 2. The standard InChI is InChI=1S/C20H26N4O2/c1-5-14(2)19(25)23-18-10-9-16(24-11-7-6-8-12-24)13-17(18)20(26)22-15(3)21-4/h5,9-10,13H,1-2,6-8,11-12H2,3-4H3,(H,23,25)(H,21,22,26). The van der Waals surface area contributed by atoms with E-state index in [1.165, 1.54) is 12.5 Å². The molecule has 1 heterocycles. The van der Waals surface area contributed by atoms with Gasteiger partial charge in [0.15, 0.2) is 0 Å². The number of aliphatic imine (C=N–C) groups is 1. The Morgan fingerprint density at radius 1 is 1.23 bits per heavy atom. The van der Waals surface area contributed by atoms with Gasteiger partial charge in [-0.05, 0) is 44.4 Å². The van der Waals surface area contributed by atoms with Gasteiger partial charge in [0.25, 0.3) is 11.8 Å². The van der Waals surface area contributed by atoms with E-state index in [2.05, 4.69) is 33.7 Å². The van der Waals surface area contributed by atoms with Gasteiger partial charge >= 0.3 is 0 Å². The van der Waals surface area contributed by atoms with Crippen molar-refractivity contribution in [2.75, 3.05) is 30.4 Å². The normalized spacial score (nSPS) is 14.5. The molecule has 0 aliphatic carbocycles. The van der Waals surface area contributed by atoms with Crippen molar-refractivity contribution >= 4 is 29.0 Å². The molecule has 138 valence electrons. The van der Waals surface area contributed by atoms with Gasteiger partial charge in [-0.3, -0.25) is 14.6 Å². The molecule has 1 aromatic rings. The van der Waals surface area contributed by atoms with E-state index in [4.69, 9.17) is 0 Å². The number of hydrogen-bond acceptors (Lipinski definition) is 4. The molecule has 1 saturated heterocycles. The Labute approximate surface area is 154 Å². The second-order valence-electron chi connectivity index (χ2n) is 6.22. The minimum absolute atomic E-state index is 0.239. The number of nitrogens with one attached hydrogen (secondary N) is 2. The van der Waals surface area contributed by atoms with Crippen molar-refractivity contribution in [3.8, 4) is 0 Å². The highest BCUT2D eigenvalue weighted by atomic mass is 16.2. The summed E-state index contributed by atoms with van der Waals surface area (Å²) >= 11 is 0. The van der Waals surface area contributed by atoms with Crippen LogP contribution in [0.25, 0.3) is 0 Å². The highest BCUT2D eigenvalue weighted by Gasteiger charge is 2.18. The second-order valence-corrected chi connectivity index (χ2v) is 6.22. The summed E-state index contributed by atoms with van der Waals surface area (Å²) < 4.78 is 0. The van der Waals surface area contributed by atoms with E-state index in [-0.39, 0.29) is 17.4 Å². The number of piperidine rings is 1. The van der Waals surface area contributed by atoms with Crippen LogP contribution in [-0.2, 0) is 4.79 Å². The van der Waals surface area contributed by atoms with Crippen LogP contribution >= 0.6 is 0 Å². The molecule has 2 N–H and O–H groups in total. The lowest BCUT2D eigenvalue weighted by atomic mass is 10.1. The summed E-state index contributed by atoms with van der Waals surface area (Å²) in [5, 5.41) is 5.47. The van der Waals surface area contributed by atoms with Crippen LogP contribution in [0.4, 0.5) is 11.4 Å². The average molecular weight is 354 g/mol. The van der Waals surface area contributed by atoms with Gasteiger partial charge in [0.2, 0.25) is 0 Å². The van der Waals surface area contributed by atoms with Gasteiger partial charge < -0.3 is 15.5 Å². The van der Waals surface area contributed by atoms with Gasteiger partial charge in [-0.2, -0.15) is 0 Å². The maximum atomic E-state index is 12.7. The third-order valence-corrected chi connectivity index (χ3v) is 4.39. The Morgan fingerprint density at radius 3 is 2.54 bits per heavy atom. The number of carbonyl (C=O) groups excluding carboxylic acids is 2. The maximum absolute atomic E-state index is 12.7. The Balaban J connectivity index is 2.35. The Morgan fingerprint density at radius 2 is 1.92 bits per heavy atom. The molecule has 6 nitrogen and oxygen atoms in total. The van der Waals surface area contributed by atoms with E-state index < -0.39 is 0 Å². The van der Waals surface area contributed by atoms with Gasteiger partial charge in [0.05, 0.1) is 17.1 Å². The minimum atomic E-state index is -0.388. The molecule has 0 spiro atoms. The Bertz CT molecular complexity index is 746. The van der Waals surface area contributed by atoms with Crippen molar-refractivity contribution in [2.24, 2.45) is 4.99 Å². The zero-order valence-electron chi connectivity index (χ0n) is 15.5. The molecular formula is C20H26N4O2. The molecule has 0 atom stereocenters. The number of anilines is 2. The monoisotopic (exact) mass is 354 g/mol. The number of carbonyl (C=O) groups is 2. The fourth-order valence-electron chi connectivity index (χ4n) is 2.76. The summed E-state index contributed by atoms with van der Waals surface area (Å²) in [6.07, 6.45) is 4.89. The van der Waals surface area contributed by atoms with Crippen molar-refractivity contribution in [3.05, 3.63) is 48.6 Å². The molecule has 0 unspecified atom stereocenters. The first kappa shape index (κ1) is 19.4. The van der Waals surface area contributed by atoms with Gasteiger partial charge in [-0.25, -0.2) is 0 Å². The van der Waals surface area contributed by atoms with Crippen molar-refractivity contribution in [3.63, 3.8) is 0 Å². The van der Waals surface area contributed by atoms with Gasteiger partial charge in [-0.1, -0.05) is 19.2 Å². The fraction of sp³-hybridized carbons (Fsp3) is 0.350. The summed E-state index contributed by atoms with van der Waals surface area (Å²) in [5.41, 5.74) is 2.03. The summed E-state index contributed by atoms with van der Waals surface area (Å²) in [6.45, 7) is 10.8. The lowest BCUT2D eigenvalue weighted by Gasteiger charge is -2.29. The second kappa shape index (κ2) is 8.99. The van der Waals surface area contributed by atoms with Crippen LogP contribution in [-0.4, -0.2) is 37.8 Å². The number of benzene rings is 1. The van der Waals surface area contributed by atoms with Crippen LogP contribution < -0.4 is 15.5 Å². The molecule has 0 saturated carbocycles. The summed E-state index contributed by atoms with van der Waals surface area (Å²) in [4.78, 5) is 31.0. The van der Waals surface area contributed by atoms with E-state index in [1.54, 1.807) is 20.0 Å². The molecule has 1 aliphatic rings. The first-order chi connectivity index (χ1) is 12.5. The van der Waals surface area contributed by atoms with Crippen LogP contribution in [0.3, 0.4) is 0 Å². The summed E-state index contributed by atoms with van der Waals surface area (Å²) in [6, 6.07) is 5.50. The van der Waals surface area contributed by atoms with E-state index >= 15 is 0 Å². The quantitative estimate of drug-likeness (QED) is 0.369. The van der Waals surface area contributed by atoms with E-state index in [1.807, 2.05) is 12.1 Å². The van der Waals surface area contributed by atoms with Crippen LogP contribution in [0.15, 0.2) is 48.0 Å². The van der Waals surface area contributed by atoms with Gasteiger partial charge in [0, 0.05) is 31.4 Å². The highest BCUT2D eigenvalue weighted by molar-refractivity contribution is 6.13. The van der Waals surface area contributed by atoms with Gasteiger partial charge in [0.1, 0.15) is 0 Å². The zero-order chi connectivity index (χ0) is 19.1. The third-order valence-electron chi connectivity index (χ3n) is 4.39. The molecule has 2 rings (SSSR count). The summed E-state index contributed by atoms with van der Waals surface area (Å²) in [5.74, 6) is -0.196. The first-order valence-corrected chi connectivity index (χ1v) is 8.72. The van der Waals surface area contributed by atoms with E-state index in [0.717, 1.165) is 31.6 Å². The first-order valence-electron chi connectivity index (χ1n) is 8.72. The lowest BCUT2D eigenvalue weighted by molar-refractivity contribution is -0.112. The van der Waals surface area contributed by atoms with Crippen LogP contribution in [0.5, 0.6) is 0 Å². The maximum Gasteiger partial charge on any atom is 0.258 e. The van der Waals surface area contributed by atoms with Crippen molar-refractivity contribution < 1.29 is 9.59 Å². The largest absolute Gasteiger partial charge is 0.372 e. The predicted octanol–water partition coefficient (Wildman–Crippen LogP) is 3.14. The zero-order valence-corrected chi connectivity index (χ0v) is 15.5. The molecule has 6 heteroatoms. The third kappa shape index (κ3) is 4.81. The fourth-order valence-corrected chi connectivity index (χ4v) is 2.76. The van der Waals surface area contributed by atoms with Crippen molar-refractivity contribution in [1.29, 1.82) is 0 Å². The lowest BCUT2D eigenvalue weighted by Crippen LogP contribution is -2.31. The number of rotatable bonds is 5. The predicted molar refractivity (Wildman–Crippen MR) is 107 cm³/mol. The van der Waals surface area contributed by atoms with Crippen LogP contribution in [0.1, 0.15) is 36.5 Å². The molecular weight excluding hydrogens is 328 g/mol. The Hall–Kier alpha value is -2.89. The molecule has 0 bridgehead atoms. The molecule has 1 aliphatic heterocycles. The molecule has 1 aromatic carbocycles. The molecule has 26 heavy (non-hydrogen) atoms. The van der Waals surface area contributed by atoms with E-state index in [0.29, 0.717) is 17.1 Å². The molecule has 1 fully saturated rings. The smallest absolute Gasteiger partial charge is 0.258 e. The highest BCUT2D eigenvalue weighted by Crippen LogP contribution is 2.26. The van der Waals surface area contributed by atoms with Crippen LogP contribution in [0, 0.1) is 0 Å². The average Bonchev–Trinajstić information content (AvgIpc) is 2.67. The topological polar surface area (TPSA) is 73.8 Å². The summed E-state index contributed by atoms with van der Waals surface area (Å²) in [7, 11) is 1.61. The molecule has 2 amide bonds. The van der Waals surface area contributed by atoms with Gasteiger partial charge in [-0.15, -0.1) is 0 Å². The number of amidine groups is 1. The number of amides is 2. The number of hydrogen-bond donors (Lipinski definition) is 2. The van der Waals surface area contributed by atoms with Crippen molar-refractivity contribution in [2.45, 2.75) is 26.2 Å². The molecule has 0 aromatic heterocycles. The molecule has 0 radical (unpaired) electrons. The SMILES string of the molecule is C=CC(=C)C(=O)Nc1ccc(N2CCCCC2)cc1C(=O)NC(C)=NC.